The lowest BCUT2D eigenvalue weighted by Gasteiger charge is -2.20. The molecule has 20 heavy (non-hydrogen) atoms. The highest BCUT2D eigenvalue weighted by atomic mass is 32.2. The van der Waals surface area contributed by atoms with Crippen molar-refractivity contribution in [1.82, 2.24) is 9.88 Å². The molecule has 1 aromatic heterocycles. The summed E-state index contributed by atoms with van der Waals surface area (Å²) in [5, 5.41) is 0.985. The second-order valence-electron chi connectivity index (χ2n) is 5.05. The van der Waals surface area contributed by atoms with Crippen molar-refractivity contribution in [1.29, 1.82) is 0 Å². The summed E-state index contributed by atoms with van der Waals surface area (Å²) in [5.41, 5.74) is 1.41. The minimum absolute atomic E-state index is 0.0550. The highest BCUT2D eigenvalue weighted by molar-refractivity contribution is 7.91. The van der Waals surface area contributed by atoms with Crippen molar-refractivity contribution in [3.05, 3.63) is 36.0 Å². The second kappa shape index (κ2) is 4.94. The molecule has 3 rings (SSSR count). The van der Waals surface area contributed by atoms with E-state index in [9.17, 15) is 13.2 Å². The summed E-state index contributed by atoms with van der Waals surface area (Å²) in [5.74, 6) is 0.123. The minimum Gasteiger partial charge on any atom is -0.361 e. The zero-order valence-electron chi connectivity index (χ0n) is 11.0. The lowest BCUT2D eigenvalue weighted by Crippen LogP contribution is -2.33. The molecular weight excluding hydrogens is 276 g/mol. The Morgan fingerprint density at radius 3 is 2.85 bits per heavy atom. The van der Waals surface area contributed by atoms with Crippen LogP contribution in [0.15, 0.2) is 30.5 Å². The summed E-state index contributed by atoms with van der Waals surface area (Å²) in [7, 11) is -3.00. The van der Waals surface area contributed by atoms with Crippen LogP contribution in [0.4, 0.5) is 0 Å². The van der Waals surface area contributed by atoms with Crippen molar-refractivity contribution in [2.75, 3.05) is 24.6 Å². The van der Waals surface area contributed by atoms with Gasteiger partial charge in [0, 0.05) is 24.7 Å². The third kappa shape index (κ3) is 2.43. The Balaban J connectivity index is 1.91. The molecule has 0 unspecified atom stereocenters. The first kappa shape index (κ1) is 13.2. The van der Waals surface area contributed by atoms with Gasteiger partial charge in [-0.3, -0.25) is 4.79 Å². The van der Waals surface area contributed by atoms with Gasteiger partial charge in [0.1, 0.15) is 0 Å². The number of hydrogen-bond donors (Lipinski definition) is 1. The maximum atomic E-state index is 12.6. The highest BCUT2D eigenvalue weighted by Gasteiger charge is 2.24. The van der Waals surface area contributed by atoms with Crippen LogP contribution in [-0.4, -0.2) is 48.8 Å². The molecule has 0 aliphatic carbocycles. The molecule has 0 spiro atoms. The van der Waals surface area contributed by atoms with Crippen LogP contribution < -0.4 is 0 Å². The number of rotatable bonds is 1. The fraction of sp³-hybridized carbons (Fsp3) is 0.357. The Hall–Kier alpha value is -1.82. The molecule has 1 aliphatic heterocycles. The standard InChI is InChI=1S/C14H16N2O3S/c17-14(16-7-2-9-20(18,19)10-8-16)12-4-1-3-11-5-6-15-13(11)12/h1,3-6,15H,2,7-10H2. The van der Waals surface area contributed by atoms with Gasteiger partial charge in [-0.1, -0.05) is 12.1 Å². The molecule has 1 aliphatic rings. The van der Waals surface area contributed by atoms with Gasteiger partial charge in [-0.05, 0) is 18.6 Å². The Morgan fingerprint density at radius 1 is 1.15 bits per heavy atom. The fourth-order valence-electron chi connectivity index (χ4n) is 2.58. The topological polar surface area (TPSA) is 70.2 Å². The molecule has 0 bridgehead atoms. The molecule has 5 nitrogen and oxygen atoms in total. The van der Waals surface area contributed by atoms with Crippen LogP contribution in [-0.2, 0) is 9.84 Å². The van der Waals surface area contributed by atoms with Crippen molar-refractivity contribution in [2.45, 2.75) is 6.42 Å². The predicted octanol–water partition coefficient (Wildman–Crippen LogP) is 1.43. The van der Waals surface area contributed by atoms with E-state index in [0.717, 1.165) is 10.9 Å². The molecule has 1 aromatic carbocycles. The Labute approximate surface area is 117 Å². The quantitative estimate of drug-likeness (QED) is 0.864. The molecule has 6 heteroatoms. The first-order valence-corrected chi connectivity index (χ1v) is 8.45. The van der Waals surface area contributed by atoms with Crippen LogP contribution in [0, 0.1) is 0 Å². The molecule has 1 amide bonds. The summed E-state index contributed by atoms with van der Waals surface area (Å²) < 4.78 is 23.2. The van der Waals surface area contributed by atoms with Crippen LogP contribution in [0.2, 0.25) is 0 Å². The lowest BCUT2D eigenvalue weighted by molar-refractivity contribution is 0.0770. The lowest BCUT2D eigenvalue weighted by atomic mass is 10.1. The largest absolute Gasteiger partial charge is 0.361 e. The van der Waals surface area contributed by atoms with Gasteiger partial charge in [0.25, 0.3) is 5.91 Å². The van der Waals surface area contributed by atoms with Crippen LogP contribution in [0.25, 0.3) is 10.9 Å². The van der Waals surface area contributed by atoms with Gasteiger partial charge in [0.05, 0.1) is 22.6 Å². The molecule has 0 atom stereocenters. The maximum absolute atomic E-state index is 12.6. The summed E-state index contributed by atoms with van der Waals surface area (Å²) in [6, 6.07) is 7.48. The van der Waals surface area contributed by atoms with Crippen LogP contribution in [0.1, 0.15) is 16.8 Å². The van der Waals surface area contributed by atoms with Gasteiger partial charge in [-0.15, -0.1) is 0 Å². The summed E-state index contributed by atoms with van der Waals surface area (Å²) >= 11 is 0. The first-order valence-electron chi connectivity index (χ1n) is 6.63. The smallest absolute Gasteiger partial charge is 0.256 e. The van der Waals surface area contributed by atoms with Crippen LogP contribution in [0.3, 0.4) is 0 Å². The highest BCUT2D eigenvalue weighted by Crippen LogP contribution is 2.19. The van der Waals surface area contributed by atoms with Crippen LogP contribution >= 0.6 is 0 Å². The maximum Gasteiger partial charge on any atom is 0.256 e. The van der Waals surface area contributed by atoms with E-state index >= 15 is 0 Å². The minimum atomic E-state index is -3.00. The van der Waals surface area contributed by atoms with Crippen molar-refractivity contribution < 1.29 is 13.2 Å². The number of fused-ring (bicyclic) bond motifs is 1. The molecule has 1 N–H and O–H groups in total. The van der Waals surface area contributed by atoms with Crippen molar-refractivity contribution in [3.63, 3.8) is 0 Å². The normalized spacial score (nSPS) is 18.9. The van der Waals surface area contributed by atoms with E-state index in [1.54, 1.807) is 17.2 Å². The zero-order valence-corrected chi connectivity index (χ0v) is 11.8. The summed E-state index contributed by atoms with van der Waals surface area (Å²) in [6.45, 7) is 0.771. The molecule has 2 heterocycles. The molecule has 0 radical (unpaired) electrons. The van der Waals surface area contributed by atoms with E-state index in [2.05, 4.69) is 4.98 Å². The number of para-hydroxylation sites is 1. The number of sulfone groups is 1. The van der Waals surface area contributed by atoms with E-state index in [1.807, 2.05) is 18.2 Å². The monoisotopic (exact) mass is 292 g/mol. The van der Waals surface area contributed by atoms with Crippen molar-refractivity contribution >= 4 is 26.6 Å². The third-order valence-electron chi connectivity index (χ3n) is 3.66. The number of aromatic nitrogens is 1. The van der Waals surface area contributed by atoms with Gasteiger partial charge in [-0.2, -0.15) is 0 Å². The van der Waals surface area contributed by atoms with E-state index in [1.165, 1.54) is 0 Å². The van der Waals surface area contributed by atoms with E-state index in [0.29, 0.717) is 18.5 Å². The fourth-order valence-corrected chi connectivity index (χ4v) is 3.85. The van der Waals surface area contributed by atoms with Gasteiger partial charge in [0.15, 0.2) is 9.84 Å². The van der Waals surface area contributed by atoms with Crippen LogP contribution in [0.5, 0.6) is 0 Å². The predicted molar refractivity (Wildman–Crippen MR) is 77.5 cm³/mol. The van der Waals surface area contributed by atoms with Gasteiger partial charge < -0.3 is 9.88 Å². The Bertz CT molecular complexity index is 749. The summed E-state index contributed by atoms with van der Waals surface area (Å²) in [4.78, 5) is 17.3. The van der Waals surface area contributed by atoms with Gasteiger partial charge >= 0.3 is 0 Å². The molecular formula is C14H16N2O3S. The number of amides is 1. The van der Waals surface area contributed by atoms with Gasteiger partial charge in [0.2, 0.25) is 0 Å². The van der Waals surface area contributed by atoms with E-state index in [-0.39, 0.29) is 24.0 Å². The average Bonchev–Trinajstić information content (AvgIpc) is 2.82. The van der Waals surface area contributed by atoms with E-state index < -0.39 is 9.84 Å². The second-order valence-corrected chi connectivity index (χ2v) is 7.35. The molecule has 2 aromatic rings. The number of H-pyrrole nitrogens is 1. The molecule has 106 valence electrons. The molecule has 1 saturated heterocycles. The van der Waals surface area contributed by atoms with E-state index in [4.69, 9.17) is 0 Å². The summed E-state index contributed by atoms with van der Waals surface area (Å²) in [6.07, 6.45) is 2.31. The van der Waals surface area contributed by atoms with Crippen molar-refractivity contribution in [3.8, 4) is 0 Å². The molecule has 0 saturated carbocycles. The number of carbonyl (C=O) groups is 1. The number of benzene rings is 1. The SMILES string of the molecule is O=C(c1cccc2cc[nH]c12)N1CCCS(=O)(=O)CC1. The molecule has 1 fully saturated rings. The number of carbonyl (C=O) groups excluding carboxylic acids is 1. The Kier molecular flexibility index (Phi) is 3.25. The number of aromatic amines is 1. The average molecular weight is 292 g/mol. The zero-order chi connectivity index (χ0) is 14.2. The van der Waals surface area contributed by atoms with Crippen molar-refractivity contribution in [2.24, 2.45) is 0 Å². The number of hydrogen-bond acceptors (Lipinski definition) is 3. The number of nitrogens with zero attached hydrogens (tertiary/aromatic N) is 1. The van der Waals surface area contributed by atoms with Gasteiger partial charge in [-0.25, -0.2) is 8.42 Å². The Morgan fingerprint density at radius 2 is 2.00 bits per heavy atom. The first-order chi connectivity index (χ1) is 9.57. The third-order valence-corrected chi connectivity index (χ3v) is 5.38. The number of nitrogens with one attached hydrogen (secondary N) is 1.